The molecule has 3 rings (SSSR count). The lowest BCUT2D eigenvalue weighted by Crippen LogP contribution is -2.36. The molecule has 0 unspecified atom stereocenters. The first-order valence-corrected chi connectivity index (χ1v) is 10.6. The van der Waals surface area contributed by atoms with Gasteiger partial charge in [0.15, 0.2) is 21.3 Å². The third-order valence-corrected chi connectivity index (χ3v) is 5.18. The highest BCUT2D eigenvalue weighted by Gasteiger charge is 2.14. The molecule has 9 heteroatoms. The van der Waals surface area contributed by atoms with Crippen molar-refractivity contribution in [2.24, 2.45) is 0 Å². The van der Waals surface area contributed by atoms with E-state index in [1.54, 1.807) is 12.1 Å². The number of carbonyl (C=O) groups excluding carboxylic acids is 2. The number of hydrogen-bond donors (Lipinski definition) is 2. The first-order chi connectivity index (χ1) is 13.8. The van der Waals surface area contributed by atoms with Crippen LogP contribution in [0.2, 0.25) is 0 Å². The van der Waals surface area contributed by atoms with Crippen molar-refractivity contribution < 1.29 is 22.5 Å². The van der Waals surface area contributed by atoms with Gasteiger partial charge in [-0.2, -0.15) is 0 Å². The maximum absolute atomic E-state index is 12.1. The van der Waals surface area contributed by atoms with E-state index in [0.29, 0.717) is 5.76 Å². The van der Waals surface area contributed by atoms with E-state index in [0.717, 1.165) is 17.4 Å². The van der Waals surface area contributed by atoms with Gasteiger partial charge in [0.05, 0.1) is 11.4 Å². The van der Waals surface area contributed by atoms with Gasteiger partial charge in [-0.15, -0.1) is 0 Å². The molecule has 29 heavy (non-hydrogen) atoms. The monoisotopic (exact) mass is 413 g/mol. The zero-order chi connectivity index (χ0) is 20.9. The Morgan fingerprint density at radius 3 is 2.34 bits per heavy atom. The summed E-state index contributed by atoms with van der Waals surface area (Å²) in [5, 5.41) is 8.85. The summed E-state index contributed by atoms with van der Waals surface area (Å²) >= 11 is 0. The van der Waals surface area contributed by atoms with Crippen LogP contribution >= 0.6 is 0 Å². The van der Waals surface area contributed by atoms with Crippen molar-refractivity contribution >= 4 is 21.7 Å². The van der Waals surface area contributed by atoms with E-state index in [4.69, 9.17) is 4.52 Å². The molecule has 0 fully saturated rings. The van der Waals surface area contributed by atoms with Crippen molar-refractivity contribution in [3.8, 4) is 11.3 Å². The number of hydrogen-bond acceptors (Lipinski definition) is 6. The van der Waals surface area contributed by atoms with Crippen molar-refractivity contribution in [3.63, 3.8) is 0 Å². The highest BCUT2D eigenvalue weighted by molar-refractivity contribution is 7.90. The third-order valence-electron chi connectivity index (χ3n) is 4.05. The minimum absolute atomic E-state index is 0.0769. The Morgan fingerprint density at radius 2 is 1.69 bits per heavy atom. The Balaban J connectivity index is 1.48. The molecule has 0 radical (unpaired) electrons. The zero-order valence-corrected chi connectivity index (χ0v) is 16.4. The van der Waals surface area contributed by atoms with Gasteiger partial charge in [0.2, 0.25) is 5.91 Å². The highest BCUT2D eigenvalue weighted by atomic mass is 32.2. The molecule has 2 aromatic carbocycles. The number of benzene rings is 2. The number of nitrogens with one attached hydrogen (secondary N) is 2. The first-order valence-electron chi connectivity index (χ1n) is 8.69. The minimum Gasteiger partial charge on any atom is -0.355 e. The van der Waals surface area contributed by atoms with Gasteiger partial charge in [-0.05, 0) is 17.7 Å². The molecule has 0 spiro atoms. The van der Waals surface area contributed by atoms with Gasteiger partial charge in [0.25, 0.3) is 5.91 Å². The summed E-state index contributed by atoms with van der Waals surface area (Å²) in [7, 11) is -3.26. The van der Waals surface area contributed by atoms with Crippen molar-refractivity contribution in [1.29, 1.82) is 0 Å². The van der Waals surface area contributed by atoms with Crippen molar-refractivity contribution in [2.75, 3.05) is 12.8 Å². The lowest BCUT2D eigenvalue weighted by Gasteiger charge is -2.07. The molecule has 1 aromatic heterocycles. The van der Waals surface area contributed by atoms with Crippen molar-refractivity contribution in [1.82, 2.24) is 15.8 Å². The Morgan fingerprint density at radius 1 is 1.00 bits per heavy atom. The van der Waals surface area contributed by atoms with E-state index >= 15 is 0 Å². The number of aromatic nitrogens is 1. The summed E-state index contributed by atoms with van der Waals surface area (Å²) in [4.78, 5) is 24.3. The third kappa shape index (κ3) is 5.52. The average Bonchev–Trinajstić information content (AvgIpc) is 3.21. The average molecular weight is 413 g/mol. The molecule has 2 amide bonds. The molecule has 2 N–H and O–H groups in total. The normalized spacial score (nSPS) is 11.1. The van der Waals surface area contributed by atoms with Crippen LogP contribution in [0.15, 0.2) is 70.1 Å². The Kier molecular flexibility index (Phi) is 6.08. The molecule has 3 aromatic rings. The first kappa shape index (κ1) is 20.3. The molecule has 0 bridgehead atoms. The summed E-state index contributed by atoms with van der Waals surface area (Å²) in [5.41, 5.74) is 1.60. The molecule has 1 heterocycles. The topological polar surface area (TPSA) is 118 Å². The van der Waals surface area contributed by atoms with Crippen LogP contribution in [0, 0.1) is 0 Å². The second kappa shape index (κ2) is 8.70. The van der Waals surface area contributed by atoms with E-state index < -0.39 is 21.7 Å². The molecule has 0 aliphatic carbocycles. The van der Waals surface area contributed by atoms with Crippen LogP contribution in [-0.2, 0) is 21.2 Å². The van der Waals surface area contributed by atoms with Crippen LogP contribution in [0.25, 0.3) is 11.3 Å². The van der Waals surface area contributed by atoms with E-state index in [2.05, 4.69) is 15.8 Å². The number of sulfone groups is 1. The van der Waals surface area contributed by atoms with Crippen LogP contribution in [-0.4, -0.2) is 38.2 Å². The standard InChI is InChI=1S/C20H19N3O5S/c1-29(26,27)16-9-7-14(8-10-16)12-21-19(24)13-22-20(25)17-11-18(28-23-17)15-5-3-2-4-6-15/h2-11H,12-13H2,1H3,(H,21,24)(H,22,25). The summed E-state index contributed by atoms with van der Waals surface area (Å²) in [6.07, 6.45) is 1.13. The van der Waals surface area contributed by atoms with E-state index in [1.807, 2.05) is 30.3 Å². The van der Waals surface area contributed by atoms with E-state index in [9.17, 15) is 18.0 Å². The lowest BCUT2D eigenvalue weighted by atomic mass is 10.1. The smallest absolute Gasteiger partial charge is 0.273 e. The molecular formula is C20H19N3O5S. The van der Waals surface area contributed by atoms with Crippen LogP contribution in [0.4, 0.5) is 0 Å². The SMILES string of the molecule is CS(=O)(=O)c1ccc(CNC(=O)CNC(=O)c2cc(-c3ccccc3)on2)cc1. The molecule has 0 aliphatic heterocycles. The van der Waals surface area contributed by atoms with Crippen LogP contribution in [0.5, 0.6) is 0 Å². The highest BCUT2D eigenvalue weighted by Crippen LogP contribution is 2.19. The maximum Gasteiger partial charge on any atom is 0.273 e. The van der Waals surface area contributed by atoms with Gasteiger partial charge in [0.1, 0.15) is 0 Å². The van der Waals surface area contributed by atoms with E-state index in [-0.39, 0.29) is 23.7 Å². The van der Waals surface area contributed by atoms with Gasteiger partial charge < -0.3 is 15.2 Å². The number of carbonyl (C=O) groups is 2. The fourth-order valence-corrected chi connectivity index (χ4v) is 3.12. The van der Waals surface area contributed by atoms with E-state index in [1.165, 1.54) is 18.2 Å². The fraction of sp³-hybridized carbons (Fsp3) is 0.150. The Labute approximate surface area is 167 Å². The predicted octanol–water partition coefficient (Wildman–Crippen LogP) is 1.79. The second-order valence-electron chi connectivity index (χ2n) is 6.32. The van der Waals surface area contributed by atoms with Gasteiger partial charge in [-0.1, -0.05) is 47.6 Å². The number of nitrogens with zero attached hydrogens (tertiary/aromatic N) is 1. The van der Waals surface area contributed by atoms with Gasteiger partial charge >= 0.3 is 0 Å². The predicted molar refractivity (Wildman–Crippen MR) is 106 cm³/mol. The maximum atomic E-state index is 12.1. The molecule has 0 atom stereocenters. The molecule has 8 nitrogen and oxygen atoms in total. The Hall–Kier alpha value is -3.46. The van der Waals surface area contributed by atoms with Gasteiger partial charge in [0, 0.05) is 24.4 Å². The second-order valence-corrected chi connectivity index (χ2v) is 8.33. The largest absolute Gasteiger partial charge is 0.355 e. The summed E-state index contributed by atoms with van der Waals surface area (Å²) < 4.78 is 28.0. The molecule has 0 saturated heterocycles. The lowest BCUT2D eigenvalue weighted by molar-refractivity contribution is -0.120. The molecular weight excluding hydrogens is 394 g/mol. The van der Waals surface area contributed by atoms with Crippen molar-refractivity contribution in [3.05, 3.63) is 71.9 Å². The number of amides is 2. The minimum atomic E-state index is -3.26. The molecule has 0 aliphatic rings. The quantitative estimate of drug-likeness (QED) is 0.610. The summed E-state index contributed by atoms with van der Waals surface area (Å²) in [6.45, 7) is -0.0192. The van der Waals surface area contributed by atoms with Crippen LogP contribution in [0.3, 0.4) is 0 Å². The fourth-order valence-electron chi connectivity index (χ4n) is 2.49. The summed E-state index contributed by atoms with van der Waals surface area (Å²) in [5.74, 6) is -0.460. The zero-order valence-electron chi connectivity index (χ0n) is 15.6. The van der Waals surface area contributed by atoms with Crippen molar-refractivity contribution in [2.45, 2.75) is 11.4 Å². The van der Waals surface area contributed by atoms with Crippen LogP contribution in [0.1, 0.15) is 16.1 Å². The Bertz CT molecular complexity index is 1110. The number of rotatable bonds is 7. The van der Waals surface area contributed by atoms with Gasteiger partial charge in [-0.3, -0.25) is 9.59 Å². The van der Waals surface area contributed by atoms with Crippen LogP contribution < -0.4 is 10.6 Å². The van der Waals surface area contributed by atoms with Gasteiger partial charge in [-0.25, -0.2) is 8.42 Å². The molecule has 150 valence electrons. The molecule has 0 saturated carbocycles. The summed E-state index contributed by atoms with van der Waals surface area (Å²) in [6, 6.07) is 16.9.